The van der Waals surface area contributed by atoms with Crippen LogP contribution in [-0.2, 0) is 19.1 Å². The van der Waals surface area contributed by atoms with Gasteiger partial charge in [0, 0.05) is 18.3 Å². The van der Waals surface area contributed by atoms with E-state index in [1.54, 1.807) is 6.08 Å². The van der Waals surface area contributed by atoms with Crippen molar-refractivity contribution < 1.29 is 24.2 Å². The second kappa shape index (κ2) is 7.24. The van der Waals surface area contributed by atoms with Gasteiger partial charge in [-0.05, 0) is 66.7 Å². The monoisotopic (exact) mass is 438 g/mol. The van der Waals surface area contributed by atoms with Gasteiger partial charge in [-0.1, -0.05) is 38.8 Å². The van der Waals surface area contributed by atoms with E-state index in [4.69, 9.17) is 4.74 Å². The zero-order valence-electron chi connectivity index (χ0n) is 19.5. The van der Waals surface area contributed by atoms with Gasteiger partial charge in [0.2, 0.25) is 0 Å². The average molecular weight is 439 g/mol. The van der Waals surface area contributed by atoms with E-state index in [0.717, 1.165) is 55.2 Å². The Labute approximate surface area is 190 Å². The molecule has 5 atom stereocenters. The molecule has 32 heavy (non-hydrogen) atoms. The number of aliphatic hydroxyl groups excluding tert-OH is 1. The number of esters is 1. The Kier molecular flexibility index (Phi) is 4.94. The Morgan fingerprint density at radius 2 is 1.94 bits per heavy atom. The molecular weight excluding hydrogens is 404 g/mol. The normalized spacial score (nSPS) is 40.2. The molecule has 0 heterocycles. The summed E-state index contributed by atoms with van der Waals surface area (Å²) in [6.07, 6.45) is 9.18. The van der Waals surface area contributed by atoms with Gasteiger partial charge in [-0.15, -0.1) is 0 Å². The van der Waals surface area contributed by atoms with Crippen molar-refractivity contribution >= 4 is 17.5 Å². The first-order valence-corrected chi connectivity index (χ1v) is 12.3. The van der Waals surface area contributed by atoms with Crippen LogP contribution in [0.4, 0.5) is 0 Å². The van der Waals surface area contributed by atoms with Crippen LogP contribution in [-0.4, -0.2) is 35.4 Å². The van der Waals surface area contributed by atoms with Crippen molar-refractivity contribution in [1.29, 1.82) is 0 Å². The lowest BCUT2D eigenvalue weighted by molar-refractivity contribution is -0.151. The van der Waals surface area contributed by atoms with Crippen LogP contribution in [0.25, 0.3) is 0 Å². The smallest absolute Gasteiger partial charge is 0.316 e. The summed E-state index contributed by atoms with van der Waals surface area (Å²) in [6.45, 7) is 6.67. The number of ether oxygens (including phenoxy) is 1. The lowest BCUT2D eigenvalue weighted by Crippen LogP contribution is -2.51. The van der Waals surface area contributed by atoms with Crippen molar-refractivity contribution in [3.63, 3.8) is 0 Å². The lowest BCUT2D eigenvalue weighted by atomic mass is 9.50. The molecule has 1 saturated carbocycles. The highest BCUT2D eigenvalue weighted by molar-refractivity contribution is 5.96. The molecule has 5 nitrogen and oxygen atoms in total. The number of aliphatic hydroxyl groups is 1. The van der Waals surface area contributed by atoms with Crippen molar-refractivity contribution in [1.82, 2.24) is 0 Å². The molecule has 1 unspecified atom stereocenters. The van der Waals surface area contributed by atoms with E-state index in [1.165, 1.54) is 0 Å². The molecule has 0 aliphatic heterocycles. The SMILES string of the molecule is CCCCOC(=O)[C@H]1C2=C(CC[C@@]34C(=O)CC[C@]3(C)CC=C24)C2(C)CCC(=O)C=C2[C@@H]1O. The van der Waals surface area contributed by atoms with Crippen LogP contribution in [0.15, 0.2) is 34.4 Å². The van der Waals surface area contributed by atoms with Crippen LogP contribution < -0.4 is 0 Å². The topological polar surface area (TPSA) is 80.7 Å². The molecule has 0 aromatic carbocycles. The van der Waals surface area contributed by atoms with Crippen molar-refractivity contribution in [3.05, 3.63) is 34.4 Å². The van der Waals surface area contributed by atoms with Gasteiger partial charge >= 0.3 is 5.97 Å². The Hall–Kier alpha value is -2.01. The van der Waals surface area contributed by atoms with Gasteiger partial charge in [0.05, 0.1) is 18.1 Å². The number of hydrogen-bond acceptors (Lipinski definition) is 5. The third kappa shape index (κ3) is 2.63. The van der Waals surface area contributed by atoms with Gasteiger partial charge in [0.1, 0.15) is 11.7 Å². The van der Waals surface area contributed by atoms with Crippen LogP contribution in [0.5, 0.6) is 0 Å². The summed E-state index contributed by atoms with van der Waals surface area (Å²) < 4.78 is 5.63. The van der Waals surface area contributed by atoms with E-state index in [1.807, 2.05) is 6.92 Å². The number of Topliss-reactive ketones (excluding diaryl/α,β-unsaturated/α-hetero) is 1. The van der Waals surface area contributed by atoms with Crippen LogP contribution in [0, 0.1) is 22.2 Å². The predicted octanol–water partition coefficient (Wildman–Crippen LogP) is 4.39. The second-order valence-corrected chi connectivity index (χ2v) is 10.9. The van der Waals surface area contributed by atoms with Gasteiger partial charge in [-0.2, -0.15) is 0 Å². The Bertz CT molecular complexity index is 1000. The summed E-state index contributed by atoms with van der Waals surface area (Å²) in [6, 6.07) is 0. The van der Waals surface area contributed by atoms with E-state index in [-0.39, 0.29) is 17.0 Å². The maximum atomic E-state index is 13.4. The number of ketones is 2. The van der Waals surface area contributed by atoms with Crippen LogP contribution in [0.3, 0.4) is 0 Å². The van der Waals surface area contributed by atoms with E-state index >= 15 is 0 Å². The summed E-state index contributed by atoms with van der Waals surface area (Å²) in [7, 11) is 0. The molecule has 0 saturated heterocycles. The first-order valence-electron chi connectivity index (χ1n) is 12.3. The molecular formula is C27H34O5. The Morgan fingerprint density at radius 3 is 2.69 bits per heavy atom. The first kappa shape index (κ1) is 21.8. The number of rotatable bonds is 4. The molecule has 5 aliphatic carbocycles. The summed E-state index contributed by atoms with van der Waals surface area (Å²) in [4.78, 5) is 39.1. The molecule has 1 fully saturated rings. The van der Waals surface area contributed by atoms with Gasteiger partial charge < -0.3 is 9.84 Å². The van der Waals surface area contributed by atoms with Crippen molar-refractivity contribution in [3.8, 4) is 0 Å². The fourth-order valence-electron chi connectivity index (χ4n) is 7.51. The third-order valence-electron chi connectivity index (χ3n) is 9.42. The maximum Gasteiger partial charge on any atom is 0.316 e. The largest absolute Gasteiger partial charge is 0.465 e. The van der Waals surface area contributed by atoms with Crippen molar-refractivity contribution in [2.75, 3.05) is 6.61 Å². The molecule has 5 aliphatic rings. The number of unbranched alkanes of at least 4 members (excludes halogenated alkanes) is 1. The lowest BCUT2D eigenvalue weighted by Gasteiger charge is -2.53. The van der Waals surface area contributed by atoms with Crippen LogP contribution in [0.1, 0.15) is 78.6 Å². The van der Waals surface area contributed by atoms with Gasteiger partial charge in [0.15, 0.2) is 5.78 Å². The van der Waals surface area contributed by atoms with Crippen LogP contribution >= 0.6 is 0 Å². The third-order valence-corrected chi connectivity index (χ3v) is 9.42. The molecule has 172 valence electrons. The van der Waals surface area contributed by atoms with Gasteiger partial charge in [0.25, 0.3) is 0 Å². The fourth-order valence-corrected chi connectivity index (χ4v) is 7.51. The average Bonchev–Trinajstić information content (AvgIpc) is 3.19. The van der Waals surface area contributed by atoms with E-state index in [2.05, 4.69) is 19.9 Å². The zero-order chi connectivity index (χ0) is 22.9. The van der Waals surface area contributed by atoms with Gasteiger partial charge in [-0.3, -0.25) is 14.4 Å². The molecule has 0 bridgehead atoms. The molecule has 1 N–H and O–H groups in total. The van der Waals surface area contributed by atoms with Crippen molar-refractivity contribution in [2.45, 2.75) is 84.7 Å². The summed E-state index contributed by atoms with van der Waals surface area (Å²) in [5.74, 6) is -1.01. The zero-order valence-corrected chi connectivity index (χ0v) is 19.5. The second-order valence-electron chi connectivity index (χ2n) is 10.9. The number of carbonyl (C=O) groups is 3. The van der Waals surface area contributed by atoms with E-state index in [0.29, 0.717) is 31.4 Å². The molecule has 0 aromatic rings. The molecule has 0 radical (unpaired) electrons. The molecule has 5 rings (SSSR count). The quantitative estimate of drug-likeness (QED) is 0.520. The Morgan fingerprint density at radius 1 is 1.16 bits per heavy atom. The van der Waals surface area contributed by atoms with Crippen LogP contribution in [0.2, 0.25) is 0 Å². The minimum absolute atomic E-state index is 0.00424. The highest BCUT2D eigenvalue weighted by Crippen LogP contribution is 2.70. The number of allylic oxidation sites excluding steroid dienone is 4. The molecule has 0 amide bonds. The number of hydrogen-bond donors (Lipinski definition) is 1. The van der Waals surface area contributed by atoms with Crippen molar-refractivity contribution in [2.24, 2.45) is 22.2 Å². The standard InChI is InChI=1S/C27H34O5/c1-4-5-14-32-24(31)22-21-17(26(3)12-6-16(28)15-19(26)23(22)30)8-13-27-18(21)7-10-25(27,2)11-9-20(27)29/h7,15,22-23,30H,4-6,8-14H2,1-3H3/t22-,23-,25-,26?,27+/m0/s1. The first-order chi connectivity index (χ1) is 15.2. The maximum absolute atomic E-state index is 13.4. The summed E-state index contributed by atoms with van der Waals surface area (Å²) in [5, 5.41) is 11.5. The number of carbonyl (C=O) groups excluding carboxylic acids is 3. The molecule has 0 aromatic heterocycles. The molecule has 1 spiro atoms. The highest BCUT2D eigenvalue weighted by atomic mass is 16.5. The van der Waals surface area contributed by atoms with Gasteiger partial charge in [-0.25, -0.2) is 0 Å². The Balaban J connectivity index is 1.69. The fraction of sp³-hybridized carbons (Fsp3) is 0.667. The highest BCUT2D eigenvalue weighted by Gasteiger charge is 2.66. The van der Waals surface area contributed by atoms with E-state index < -0.39 is 28.8 Å². The minimum atomic E-state index is -1.10. The summed E-state index contributed by atoms with van der Waals surface area (Å²) in [5.41, 5.74) is 2.52. The van der Waals surface area contributed by atoms with E-state index in [9.17, 15) is 19.5 Å². The molecule has 5 heteroatoms. The predicted molar refractivity (Wildman–Crippen MR) is 120 cm³/mol. The number of fused-ring (bicyclic) bond motifs is 3. The summed E-state index contributed by atoms with van der Waals surface area (Å²) >= 11 is 0. The minimum Gasteiger partial charge on any atom is -0.465 e.